The fourth-order valence-corrected chi connectivity index (χ4v) is 1.84. The van der Waals surface area contributed by atoms with Gasteiger partial charge in [-0.3, -0.25) is 9.69 Å². The number of hydrogen-bond acceptors (Lipinski definition) is 3. The minimum Gasteiger partial charge on any atom is -0.396 e. The molecule has 4 nitrogen and oxygen atoms in total. The normalized spacial score (nSPS) is 11.1. The minimum absolute atomic E-state index is 0.0611. The van der Waals surface area contributed by atoms with Gasteiger partial charge in [0.25, 0.3) is 0 Å². The lowest BCUT2D eigenvalue weighted by molar-refractivity contribution is -0.117. The molecule has 1 aromatic rings. The van der Waals surface area contributed by atoms with Crippen LogP contribution in [0.4, 0.5) is 5.69 Å². The summed E-state index contributed by atoms with van der Waals surface area (Å²) in [6.07, 6.45) is 0.673. The lowest BCUT2D eigenvalue weighted by Gasteiger charge is -2.25. The fourth-order valence-electron chi connectivity index (χ4n) is 1.71. The molecule has 0 unspecified atom stereocenters. The second kappa shape index (κ2) is 8.15. The molecule has 2 N–H and O–H groups in total. The molecule has 0 aromatic heterocycles. The molecule has 19 heavy (non-hydrogen) atoms. The number of halogens is 1. The summed E-state index contributed by atoms with van der Waals surface area (Å²) in [6.45, 7) is 5.24. The standard InChI is InChI=1S/C14H21ClN2O2/c1-11(2)17(8-3-9-18)10-14(19)16-13-6-4-12(15)5-7-13/h4-7,11,18H,3,8-10H2,1-2H3,(H,16,19). The van der Waals surface area contributed by atoms with Gasteiger partial charge in [-0.1, -0.05) is 11.6 Å². The van der Waals surface area contributed by atoms with Crippen molar-refractivity contribution in [3.63, 3.8) is 0 Å². The van der Waals surface area contributed by atoms with Crippen LogP contribution in [0.2, 0.25) is 5.02 Å². The number of aliphatic hydroxyl groups excluding tert-OH is 1. The van der Waals surface area contributed by atoms with Gasteiger partial charge < -0.3 is 10.4 Å². The summed E-state index contributed by atoms with van der Waals surface area (Å²) in [5.74, 6) is -0.0611. The number of carbonyl (C=O) groups excluding carboxylic acids is 1. The van der Waals surface area contributed by atoms with Crippen LogP contribution in [0.3, 0.4) is 0 Å². The van der Waals surface area contributed by atoms with E-state index in [1.54, 1.807) is 24.3 Å². The van der Waals surface area contributed by atoms with Crippen LogP contribution >= 0.6 is 11.6 Å². The fraction of sp³-hybridized carbons (Fsp3) is 0.500. The van der Waals surface area contributed by atoms with Crippen LogP contribution in [0.15, 0.2) is 24.3 Å². The highest BCUT2D eigenvalue weighted by molar-refractivity contribution is 6.30. The summed E-state index contributed by atoms with van der Waals surface area (Å²) >= 11 is 5.79. The van der Waals surface area contributed by atoms with E-state index in [1.165, 1.54) is 0 Å². The summed E-state index contributed by atoms with van der Waals surface area (Å²) in [7, 11) is 0. The summed E-state index contributed by atoms with van der Waals surface area (Å²) in [4.78, 5) is 14.0. The maximum Gasteiger partial charge on any atom is 0.238 e. The van der Waals surface area contributed by atoms with Gasteiger partial charge >= 0.3 is 0 Å². The molecule has 0 aliphatic carbocycles. The third-order valence-corrected chi connectivity index (χ3v) is 3.06. The van der Waals surface area contributed by atoms with Crippen molar-refractivity contribution in [3.8, 4) is 0 Å². The predicted octanol–water partition coefficient (Wildman–Crippen LogP) is 2.37. The smallest absolute Gasteiger partial charge is 0.238 e. The van der Waals surface area contributed by atoms with E-state index in [0.717, 1.165) is 5.69 Å². The van der Waals surface area contributed by atoms with Crippen LogP contribution in [0.25, 0.3) is 0 Å². The number of nitrogens with one attached hydrogen (secondary N) is 1. The molecule has 1 aromatic carbocycles. The zero-order valence-corrected chi connectivity index (χ0v) is 12.2. The van der Waals surface area contributed by atoms with E-state index >= 15 is 0 Å². The van der Waals surface area contributed by atoms with Gasteiger partial charge in [0.2, 0.25) is 5.91 Å². The Labute approximate surface area is 119 Å². The molecular weight excluding hydrogens is 264 g/mol. The van der Waals surface area contributed by atoms with E-state index in [4.69, 9.17) is 16.7 Å². The van der Waals surface area contributed by atoms with E-state index in [2.05, 4.69) is 5.32 Å². The Bertz CT molecular complexity index is 393. The first-order valence-electron chi connectivity index (χ1n) is 6.43. The topological polar surface area (TPSA) is 52.6 Å². The van der Waals surface area contributed by atoms with Crippen molar-refractivity contribution in [2.24, 2.45) is 0 Å². The summed E-state index contributed by atoms with van der Waals surface area (Å²) in [6, 6.07) is 7.29. The SMILES string of the molecule is CC(C)N(CCCO)CC(=O)Nc1ccc(Cl)cc1. The van der Waals surface area contributed by atoms with Crippen LogP contribution in [0.5, 0.6) is 0 Å². The zero-order valence-electron chi connectivity index (χ0n) is 11.4. The highest BCUT2D eigenvalue weighted by Gasteiger charge is 2.13. The molecule has 0 saturated heterocycles. The maximum absolute atomic E-state index is 11.9. The van der Waals surface area contributed by atoms with Gasteiger partial charge in [0.05, 0.1) is 6.54 Å². The van der Waals surface area contributed by atoms with Gasteiger partial charge in [0.1, 0.15) is 0 Å². The second-order valence-corrected chi connectivity index (χ2v) is 5.13. The summed E-state index contributed by atoms with van der Waals surface area (Å²) < 4.78 is 0. The Hall–Kier alpha value is -1.10. The number of hydrogen-bond donors (Lipinski definition) is 2. The minimum atomic E-state index is -0.0611. The zero-order chi connectivity index (χ0) is 14.3. The Balaban J connectivity index is 2.50. The van der Waals surface area contributed by atoms with Gasteiger partial charge in [-0.05, 0) is 44.5 Å². The van der Waals surface area contributed by atoms with Gasteiger partial charge in [-0.2, -0.15) is 0 Å². The lowest BCUT2D eigenvalue weighted by atomic mass is 10.2. The van der Waals surface area contributed by atoms with Gasteiger partial charge in [0.15, 0.2) is 0 Å². The van der Waals surface area contributed by atoms with Crippen LogP contribution in [-0.2, 0) is 4.79 Å². The molecule has 0 radical (unpaired) electrons. The predicted molar refractivity (Wildman–Crippen MR) is 78.5 cm³/mol. The number of nitrogens with zero attached hydrogens (tertiary/aromatic N) is 1. The number of amides is 1. The molecular formula is C14H21ClN2O2. The third-order valence-electron chi connectivity index (χ3n) is 2.81. The average Bonchev–Trinajstić information content (AvgIpc) is 2.37. The largest absolute Gasteiger partial charge is 0.396 e. The van der Waals surface area contributed by atoms with Crippen molar-refractivity contribution in [2.75, 3.05) is 25.0 Å². The summed E-state index contributed by atoms with van der Waals surface area (Å²) in [5.41, 5.74) is 0.736. The molecule has 0 aliphatic heterocycles. The van der Waals surface area contributed by atoms with E-state index < -0.39 is 0 Å². The lowest BCUT2D eigenvalue weighted by Crippen LogP contribution is -2.38. The Morgan fingerprint density at radius 3 is 2.53 bits per heavy atom. The quantitative estimate of drug-likeness (QED) is 0.808. The van der Waals surface area contributed by atoms with Crippen LogP contribution in [0, 0.1) is 0 Å². The van der Waals surface area contributed by atoms with E-state index in [-0.39, 0.29) is 18.6 Å². The molecule has 0 saturated carbocycles. The highest BCUT2D eigenvalue weighted by Crippen LogP contribution is 2.13. The summed E-state index contributed by atoms with van der Waals surface area (Å²) in [5, 5.41) is 12.3. The number of carbonyl (C=O) groups is 1. The molecule has 0 spiro atoms. The van der Waals surface area contributed by atoms with E-state index in [9.17, 15) is 4.79 Å². The van der Waals surface area contributed by atoms with E-state index in [0.29, 0.717) is 24.5 Å². The molecule has 0 fully saturated rings. The van der Waals surface area contributed by atoms with Gasteiger partial charge in [-0.25, -0.2) is 0 Å². The maximum atomic E-state index is 11.9. The highest BCUT2D eigenvalue weighted by atomic mass is 35.5. The number of anilines is 1. The molecule has 106 valence electrons. The van der Waals surface area contributed by atoms with Crippen molar-refractivity contribution in [1.82, 2.24) is 4.90 Å². The molecule has 0 atom stereocenters. The molecule has 0 bridgehead atoms. The molecule has 1 amide bonds. The molecule has 5 heteroatoms. The number of rotatable bonds is 7. The third kappa shape index (κ3) is 6.05. The Kier molecular flexibility index (Phi) is 6.84. The first-order chi connectivity index (χ1) is 9.02. The first kappa shape index (κ1) is 16.0. The van der Waals surface area contributed by atoms with Crippen molar-refractivity contribution in [2.45, 2.75) is 26.3 Å². The molecule has 1 rings (SSSR count). The van der Waals surface area contributed by atoms with Crippen molar-refractivity contribution < 1.29 is 9.90 Å². The van der Waals surface area contributed by atoms with Crippen LogP contribution in [0.1, 0.15) is 20.3 Å². The van der Waals surface area contributed by atoms with Crippen molar-refractivity contribution in [3.05, 3.63) is 29.3 Å². The Morgan fingerprint density at radius 2 is 2.00 bits per heavy atom. The Morgan fingerprint density at radius 1 is 1.37 bits per heavy atom. The molecule has 0 heterocycles. The second-order valence-electron chi connectivity index (χ2n) is 4.70. The van der Waals surface area contributed by atoms with E-state index in [1.807, 2.05) is 18.7 Å². The molecule has 0 aliphatic rings. The van der Waals surface area contributed by atoms with Gasteiger partial charge in [0, 0.05) is 29.9 Å². The monoisotopic (exact) mass is 284 g/mol. The van der Waals surface area contributed by atoms with Crippen LogP contribution < -0.4 is 5.32 Å². The van der Waals surface area contributed by atoms with Crippen molar-refractivity contribution in [1.29, 1.82) is 0 Å². The average molecular weight is 285 g/mol. The first-order valence-corrected chi connectivity index (χ1v) is 6.81. The van der Waals surface area contributed by atoms with Crippen LogP contribution in [-0.4, -0.2) is 41.7 Å². The number of aliphatic hydroxyl groups is 1. The number of benzene rings is 1. The van der Waals surface area contributed by atoms with Gasteiger partial charge in [-0.15, -0.1) is 0 Å². The van der Waals surface area contributed by atoms with Crippen molar-refractivity contribution >= 4 is 23.2 Å².